The molecule has 2 heteroatoms. The maximum Gasteiger partial charge on any atom is 0.255 e. The van der Waals surface area contributed by atoms with Crippen molar-refractivity contribution in [1.29, 1.82) is 0 Å². The molecule has 0 spiro atoms. The highest BCUT2D eigenvalue weighted by molar-refractivity contribution is 6.06. The molecule has 0 unspecified atom stereocenters. The molecule has 17 heavy (non-hydrogen) atoms. The third-order valence-electron chi connectivity index (χ3n) is 3.16. The number of aryl methyl sites for hydroxylation is 1. The van der Waals surface area contributed by atoms with E-state index >= 15 is 0 Å². The third kappa shape index (κ3) is 1.72. The van der Waals surface area contributed by atoms with Gasteiger partial charge in [-0.2, -0.15) is 0 Å². The lowest BCUT2D eigenvalue weighted by Crippen LogP contribution is -2.11. The largest absolute Gasteiger partial charge is 0.322 e. The van der Waals surface area contributed by atoms with Crippen LogP contribution in [-0.2, 0) is 6.42 Å². The monoisotopic (exact) mass is 223 g/mol. The number of fused-ring (bicyclic) bond motifs is 2. The van der Waals surface area contributed by atoms with Gasteiger partial charge in [0, 0.05) is 17.7 Å². The SMILES string of the molecule is Cc1ccc2c(c1)C(=O)Nc1ccccc1C2. The zero-order valence-corrected chi connectivity index (χ0v) is 9.66. The van der Waals surface area contributed by atoms with Gasteiger partial charge in [0.25, 0.3) is 5.91 Å². The Morgan fingerprint density at radius 3 is 2.76 bits per heavy atom. The zero-order valence-electron chi connectivity index (χ0n) is 9.66. The van der Waals surface area contributed by atoms with Gasteiger partial charge in [-0.3, -0.25) is 4.79 Å². The minimum absolute atomic E-state index is 0.00588. The van der Waals surface area contributed by atoms with Crippen molar-refractivity contribution in [2.45, 2.75) is 13.3 Å². The van der Waals surface area contributed by atoms with Crippen LogP contribution in [0.25, 0.3) is 0 Å². The molecule has 0 atom stereocenters. The van der Waals surface area contributed by atoms with Crippen LogP contribution < -0.4 is 5.32 Å². The Labute approximate surface area is 100 Å². The fraction of sp³-hybridized carbons (Fsp3) is 0.133. The van der Waals surface area contributed by atoms with Crippen LogP contribution in [0.1, 0.15) is 27.0 Å². The summed E-state index contributed by atoms with van der Waals surface area (Å²) < 4.78 is 0. The molecule has 0 bridgehead atoms. The van der Waals surface area contributed by atoms with E-state index in [0.29, 0.717) is 0 Å². The first-order valence-corrected chi connectivity index (χ1v) is 5.73. The topological polar surface area (TPSA) is 29.1 Å². The summed E-state index contributed by atoms with van der Waals surface area (Å²) in [6.45, 7) is 2.01. The molecule has 1 heterocycles. The van der Waals surface area contributed by atoms with E-state index in [1.807, 2.05) is 37.3 Å². The number of anilines is 1. The molecule has 2 aromatic carbocycles. The second kappa shape index (κ2) is 3.74. The number of rotatable bonds is 0. The van der Waals surface area contributed by atoms with E-state index in [0.717, 1.165) is 28.8 Å². The Morgan fingerprint density at radius 2 is 1.88 bits per heavy atom. The van der Waals surface area contributed by atoms with E-state index in [4.69, 9.17) is 0 Å². The van der Waals surface area contributed by atoms with E-state index < -0.39 is 0 Å². The van der Waals surface area contributed by atoms with E-state index in [9.17, 15) is 4.79 Å². The number of amides is 1. The van der Waals surface area contributed by atoms with Gasteiger partial charge in [0.15, 0.2) is 0 Å². The Balaban J connectivity index is 2.17. The first-order valence-electron chi connectivity index (χ1n) is 5.73. The van der Waals surface area contributed by atoms with Crippen molar-refractivity contribution in [3.63, 3.8) is 0 Å². The Bertz CT molecular complexity index is 602. The smallest absolute Gasteiger partial charge is 0.255 e. The highest BCUT2D eigenvalue weighted by Gasteiger charge is 2.18. The fourth-order valence-corrected chi connectivity index (χ4v) is 2.25. The Hall–Kier alpha value is -2.09. The molecule has 2 aromatic rings. The van der Waals surface area contributed by atoms with Crippen molar-refractivity contribution in [3.8, 4) is 0 Å². The molecular formula is C15H13NO. The molecule has 1 aliphatic heterocycles. The van der Waals surface area contributed by atoms with E-state index in [2.05, 4.69) is 17.4 Å². The predicted molar refractivity (Wildman–Crippen MR) is 68.4 cm³/mol. The van der Waals surface area contributed by atoms with E-state index in [1.165, 1.54) is 5.56 Å². The lowest BCUT2D eigenvalue weighted by molar-refractivity contribution is 0.102. The van der Waals surface area contributed by atoms with Crippen molar-refractivity contribution in [2.24, 2.45) is 0 Å². The number of nitrogens with one attached hydrogen (secondary N) is 1. The van der Waals surface area contributed by atoms with Crippen molar-refractivity contribution in [2.75, 3.05) is 5.32 Å². The second-order valence-electron chi connectivity index (χ2n) is 4.45. The van der Waals surface area contributed by atoms with Crippen LogP contribution in [-0.4, -0.2) is 5.91 Å². The molecule has 0 radical (unpaired) electrons. The van der Waals surface area contributed by atoms with Crippen molar-refractivity contribution < 1.29 is 4.79 Å². The van der Waals surface area contributed by atoms with Crippen LogP contribution in [0.5, 0.6) is 0 Å². The van der Waals surface area contributed by atoms with E-state index in [-0.39, 0.29) is 5.91 Å². The molecular weight excluding hydrogens is 210 g/mol. The summed E-state index contributed by atoms with van der Waals surface area (Å²) >= 11 is 0. The van der Waals surface area contributed by atoms with E-state index in [1.54, 1.807) is 0 Å². The third-order valence-corrected chi connectivity index (χ3v) is 3.16. The zero-order chi connectivity index (χ0) is 11.8. The van der Waals surface area contributed by atoms with Gasteiger partial charge in [0.1, 0.15) is 0 Å². The molecule has 0 saturated carbocycles. The normalized spacial score (nSPS) is 13.4. The first kappa shape index (κ1) is 10.1. The standard InChI is InChI=1S/C15H13NO/c1-10-6-7-11-9-12-4-2-3-5-14(12)16-15(17)13(11)8-10/h2-8H,9H2,1H3,(H,16,17). The van der Waals surface area contributed by atoms with Gasteiger partial charge < -0.3 is 5.32 Å². The average Bonchev–Trinajstić information content (AvgIpc) is 2.46. The molecule has 0 saturated heterocycles. The minimum atomic E-state index is -0.00588. The number of para-hydroxylation sites is 1. The number of benzene rings is 2. The van der Waals surface area contributed by atoms with Crippen LogP contribution in [0.2, 0.25) is 0 Å². The number of hydrogen-bond donors (Lipinski definition) is 1. The predicted octanol–water partition coefficient (Wildman–Crippen LogP) is 3.15. The Morgan fingerprint density at radius 1 is 1.06 bits per heavy atom. The highest BCUT2D eigenvalue weighted by atomic mass is 16.1. The summed E-state index contributed by atoms with van der Waals surface area (Å²) in [5.74, 6) is -0.00588. The lowest BCUT2D eigenvalue weighted by Gasteiger charge is -2.05. The van der Waals surface area contributed by atoms with Gasteiger partial charge in [0.05, 0.1) is 0 Å². The van der Waals surface area contributed by atoms with Crippen LogP contribution >= 0.6 is 0 Å². The maximum atomic E-state index is 12.1. The molecule has 0 fully saturated rings. The summed E-state index contributed by atoms with van der Waals surface area (Å²) in [5.41, 5.74) is 5.10. The molecule has 84 valence electrons. The number of carbonyl (C=O) groups is 1. The average molecular weight is 223 g/mol. The lowest BCUT2D eigenvalue weighted by atomic mass is 9.99. The van der Waals surface area contributed by atoms with Gasteiger partial charge in [-0.25, -0.2) is 0 Å². The van der Waals surface area contributed by atoms with Crippen LogP contribution in [0.15, 0.2) is 42.5 Å². The van der Waals surface area contributed by atoms with Gasteiger partial charge >= 0.3 is 0 Å². The van der Waals surface area contributed by atoms with Crippen molar-refractivity contribution >= 4 is 11.6 Å². The Kier molecular flexibility index (Phi) is 2.22. The minimum Gasteiger partial charge on any atom is -0.322 e. The van der Waals surface area contributed by atoms with Gasteiger partial charge in [-0.15, -0.1) is 0 Å². The number of carbonyl (C=O) groups excluding carboxylic acids is 1. The highest BCUT2D eigenvalue weighted by Crippen LogP contribution is 2.26. The quantitative estimate of drug-likeness (QED) is 0.730. The summed E-state index contributed by atoms with van der Waals surface area (Å²) in [5, 5.41) is 2.97. The van der Waals surface area contributed by atoms with Gasteiger partial charge in [-0.05, 0) is 30.2 Å². The summed E-state index contributed by atoms with van der Waals surface area (Å²) in [4.78, 5) is 12.1. The second-order valence-corrected chi connectivity index (χ2v) is 4.45. The summed E-state index contributed by atoms with van der Waals surface area (Å²) in [6, 6.07) is 14.0. The molecule has 0 aliphatic carbocycles. The molecule has 2 nitrogen and oxygen atoms in total. The first-order chi connectivity index (χ1) is 8.24. The van der Waals surface area contributed by atoms with Gasteiger partial charge in [0.2, 0.25) is 0 Å². The molecule has 1 amide bonds. The summed E-state index contributed by atoms with van der Waals surface area (Å²) in [6.07, 6.45) is 0.810. The van der Waals surface area contributed by atoms with Crippen LogP contribution in [0.4, 0.5) is 5.69 Å². The maximum absolute atomic E-state index is 12.1. The van der Waals surface area contributed by atoms with Crippen LogP contribution in [0, 0.1) is 6.92 Å². The fourth-order valence-electron chi connectivity index (χ4n) is 2.25. The molecule has 0 aromatic heterocycles. The molecule has 3 rings (SSSR count). The summed E-state index contributed by atoms with van der Waals surface area (Å²) in [7, 11) is 0. The molecule has 1 aliphatic rings. The number of hydrogen-bond acceptors (Lipinski definition) is 1. The van der Waals surface area contributed by atoms with Crippen LogP contribution in [0.3, 0.4) is 0 Å². The van der Waals surface area contributed by atoms with Crippen molar-refractivity contribution in [3.05, 3.63) is 64.7 Å². The van der Waals surface area contributed by atoms with Gasteiger partial charge in [-0.1, -0.05) is 35.9 Å². The van der Waals surface area contributed by atoms with Crippen molar-refractivity contribution in [1.82, 2.24) is 0 Å². The molecule has 1 N–H and O–H groups in total.